The number of hydrogen-bond donors (Lipinski definition) is 1. The van der Waals surface area contributed by atoms with Crippen molar-refractivity contribution in [2.75, 3.05) is 33.2 Å². The highest BCUT2D eigenvalue weighted by Crippen LogP contribution is 2.08. The van der Waals surface area contributed by atoms with Gasteiger partial charge in [-0.25, -0.2) is 0 Å². The summed E-state index contributed by atoms with van der Waals surface area (Å²) in [7, 11) is 2.07. The molecule has 1 saturated heterocycles. The molecule has 0 aromatic heterocycles. The molecule has 5 nitrogen and oxygen atoms in total. The van der Waals surface area contributed by atoms with Crippen LogP contribution in [0.25, 0.3) is 0 Å². The van der Waals surface area contributed by atoms with Gasteiger partial charge in [0, 0.05) is 39.0 Å². The van der Waals surface area contributed by atoms with E-state index < -0.39 is 5.97 Å². The highest BCUT2D eigenvalue weighted by molar-refractivity contribution is 5.76. The molecule has 1 heterocycles. The zero-order valence-corrected chi connectivity index (χ0v) is 11.2. The number of amides is 1. The normalized spacial score (nSPS) is 16.8. The van der Waals surface area contributed by atoms with E-state index in [0.717, 1.165) is 51.9 Å². The molecule has 0 aliphatic carbocycles. The number of carboxylic acid groups (broad SMARTS) is 1. The van der Waals surface area contributed by atoms with Gasteiger partial charge in [-0.2, -0.15) is 0 Å². The Balaban J connectivity index is 2.01. The molecule has 1 rings (SSSR count). The van der Waals surface area contributed by atoms with Gasteiger partial charge in [0.2, 0.25) is 5.91 Å². The van der Waals surface area contributed by atoms with Crippen LogP contribution in [-0.2, 0) is 9.59 Å². The smallest absolute Gasteiger partial charge is 0.303 e. The summed E-state index contributed by atoms with van der Waals surface area (Å²) in [6.45, 7) is 3.61. The lowest BCUT2D eigenvalue weighted by Gasteiger charge is -2.32. The van der Waals surface area contributed by atoms with Crippen molar-refractivity contribution in [1.82, 2.24) is 9.80 Å². The zero-order valence-electron chi connectivity index (χ0n) is 11.2. The van der Waals surface area contributed by atoms with Crippen LogP contribution in [0.3, 0.4) is 0 Å². The van der Waals surface area contributed by atoms with Crippen LogP contribution >= 0.6 is 0 Å². The first kappa shape index (κ1) is 15.0. The first-order chi connectivity index (χ1) is 8.59. The number of hydrogen-bond acceptors (Lipinski definition) is 3. The van der Waals surface area contributed by atoms with Crippen LogP contribution in [-0.4, -0.2) is 60.0 Å². The summed E-state index contributed by atoms with van der Waals surface area (Å²) in [5.41, 5.74) is 0. The number of piperazine rings is 1. The van der Waals surface area contributed by atoms with Gasteiger partial charge < -0.3 is 14.9 Å². The topological polar surface area (TPSA) is 60.9 Å². The molecule has 1 fully saturated rings. The van der Waals surface area contributed by atoms with E-state index in [1.165, 1.54) is 0 Å². The van der Waals surface area contributed by atoms with Crippen molar-refractivity contribution in [2.24, 2.45) is 0 Å². The van der Waals surface area contributed by atoms with Crippen molar-refractivity contribution < 1.29 is 14.7 Å². The van der Waals surface area contributed by atoms with Gasteiger partial charge in [0.1, 0.15) is 0 Å². The van der Waals surface area contributed by atoms with E-state index in [4.69, 9.17) is 5.11 Å². The summed E-state index contributed by atoms with van der Waals surface area (Å²) in [5, 5.41) is 8.49. The molecule has 0 radical (unpaired) electrons. The Morgan fingerprint density at radius 1 is 0.944 bits per heavy atom. The molecule has 0 unspecified atom stereocenters. The van der Waals surface area contributed by atoms with Crippen LogP contribution in [0, 0.1) is 0 Å². The second-order valence-corrected chi connectivity index (χ2v) is 4.99. The molecule has 1 aliphatic rings. The lowest BCUT2D eigenvalue weighted by atomic mass is 10.1. The molecular weight excluding hydrogens is 232 g/mol. The molecule has 1 aliphatic heterocycles. The Morgan fingerprint density at radius 3 is 2.06 bits per heavy atom. The first-order valence-electron chi connectivity index (χ1n) is 6.77. The number of likely N-dealkylation sites (N-methyl/N-ethyl adjacent to an activating group) is 1. The average Bonchev–Trinajstić information content (AvgIpc) is 2.34. The summed E-state index contributed by atoms with van der Waals surface area (Å²) in [4.78, 5) is 26.3. The molecule has 1 N–H and O–H groups in total. The van der Waals surface area contributed by atoms with Crippen LogP contribution < -0.4 is 0 Å². The average molecular weight is 256 g/mol. The van der Waals surface area contributed by atoms with Gasteiger partial charge in [-0.15, -0.1) is 0 Å². The third-order valence-corrected chi connectivity index (χ3v) is 3.39. The van der Waals surface area contributed by atoms with Crippen molar-refractivity contribution in [1.29, 1.82) is 0 Å². The fraction of sp³-hybridized carbons (Fsp3) is 0.846. The van der Waals surface area contributed by atoms with E-state index >= 15 is 0 Å². The lowest BCUT2D eigenvalue weighted by Crippen LogP contribution is -2.47. The standard InChI is InChI=1S/C13H24N2O3/c1-14-8-10-15(11-9-14)12(16)6-4-2-3-5-7-13(17)18/h2-11H2,1H3,(H,17,18). The molecule has 0 bridgehead atoms. The van der Waals surface area contributed by atoms with Crippen molar-refractivity contribution >= 4 is 11.9 Å². The Labute approximate surface area is 109 Å². The van der Waals surface area contributed by atoms with Crippen LogP contribution in [0.5, 0.6) is 0 Å². The predicted molar refractivity (Wildman–Crippen MR) is 69.4 cm³/mol. The van der Waals surface area contributed by atoms with Crippen molar-refractivity contribution in [3.8, 4) is 0 Å². The van der Waals surface area contributed by atoms with Crippen LogP contribution in [0.15, 0.2) is 0 Å². The number of aliphatic carboxylic acids is 1. The summed E-state index contributed by atoms with van der Waals surface area (Å²) in [6.07, 6.45) is 4.31. The Hall–Kier alpha value is -1.10. The highest BCUT2D eigenvalue weighted by Gasteiger charge is 2.18. The number of rotatable bonds is 7. The van der Waals surface area contributed by atoms with E-state index in [-0.39, 0.29) is 12.3 Å². The fourth-order valence-electron chi connectivity index (χ4n) is 2.12. The van der Waals surface area contributed by atoms with Crippen LogP contribution in [0.2, 0.25) is 0 Å². The summed E-state index contributed by atoms with van der Waals surface area (Å²) < 4.78 is 0. The van der Waals surface area contributed by atoms with Gasteiger partial charge in [0.05, 0.1) is 0 Å². The van der Waals surface area contributed by atoms with Crippen molar-refractivity contribution in [3.05, 3.63) is 0 Å². The second-order valence-electron chi connectivity index (χ2n) is 4.99. The Kier molecular flexibility index (Phi) is 6.72. The molecular formula is C13H24N2O3. The van der Waals surface area contributed by atoms with E-state index in [2.05, 4.69) is 11.9 Å². The first-order valence-corrected chi connectivity index (χ1v) is 6.77. The fourth-order valence-corrected chi connectivity index (χ4v) is 2.12. The van der Waals surface area contributed by atoms with Crippen LogP contribution in [0.1, 0.15) is 38.5 Å². The number of carboxylic acids is 1. The van der Waals surface area contributed by atoms with E-state index in [9.17, 15) is 9.59 Å². The number of carbonyl (C=O) groups is 2. The summed E-state index contributed by atoms with van der Waals surface area (Å²) in [6, 6.07) is 0. The minimum absolute atomic E-state index is 0.242. The van der Waals surface area contributed by atoms with E-state index in [0.29, 0.717) is 6.42 Å². The highest BCUT2D eigenvalue weighted by atomic mass is 16.4. The maximum absolute atomic E-state index is 11.9. The molecule has 0 aromatic rings. The lowest BCUT2D eigenvalue weighted by molar-refractivity contribution is -0.137. The van der Waals surface area contributed by atoms with E-state index in [1.54, 1.807) is 0 Å². The summed E-state index contributed by atoms with van der Waals surface area (Å²) in [5.74, 6) is -0.482. The Bertz CT molecular complexity index is 273. The number of carbonyl (C=O) groups excluding carboxylic acids is 1. The molecule has 0 spiro atoms. The van der Waals surface area contributed by atoms with Gasteiger partial charge in [-0.05, 0) is 19.9 Å². The van der Waals surface area contributed by atoms with Gasteiger partial charge in [0.25, 0.3) is 0 Å². The number of nitrogens with zero attached hydrogens (tertiary/aromatic N) is 2. The van der Waals surface area contributed by atoms with E-state index in [1.807, 2.05) is 4.90 Å². The van der Waals surface area contributed by atoms with Gasteiger partial charge in [-0.1, -0.05) is 12.8 Å². The minimum atomic E-state index is -0.733. The molecule has 1 amide bonds. The molecule has 18 heavy (non-hydrogen) atoms. The summed E-state index contributed by atoms with van der Waals surface area (Å²) >= 11 is 0. The second kappa shape index (κ2) is 8.08. The molecule has 0 saturated carbocycles. The number of unbranched alkanes of at least 4 members (excludes halogenated alkanes) is 3. The van der Waals surface area contributed by atoms with Gasteiger partial charge >= 0.3 is 5.97 Å². The minimum Gasteiger partial charge on any atom is -0.481 e. The molecule has 0 aromatic carbocycles. The van der Waals surface area contributed by atoms with Gasteiger partial charge in [-0.3, -0.25) is 9.59 Å². The third-order valence-electron chi connectivity index (χ3n) is 3.39. The van der Waals surface area contributed by atoms with Crippen LogP contribution in [0.4, 0.5) is 0 Å². The SMILES string of the molecule is CN1CCN(C(=O)CCCCCCC(=O)O)CC1. The molecule has 5 heteroatoms. The largest absolute Gasteiger partial charge is 0.481 e. The Morgan fingerprint density at radius 2 is 1.50 bits per heavy atom. The van der Waals surface area contributed by atoms with Gasteiger partial charge in [0.15, 0.2) is 0 Å². The third kappa shape index (κ3) is 6.00. The van der Waals surface area contributed by atoms with Crippen molar-refractivity contribution in [2.45, 2.75) is 38.5 Å². The quantitative estimate of drug-likeness (QED) is 0.695. The predicted octanol–water partition coefficient (Wildman–Crippen LogP) is 1.19. The maximum Gasteiger partial charge on any atom is 0.303 e. The maximum atomic E-state index is 11.9. The molecule has 104 valence electrons. The molecule has 0 atom stereocenters. The zero-order chi connectivity index (χ0) is 13.4. The monoisotopic (exact) mass is 256 g/mol. The van der Waals surface area contributed by atoms with Crippen molar-refractivity contribution in [3.63, 3.8) is 0 Å².